The molecule has 0 aliphatic heterocycles. The van der Waals surface area contributed by atoms with Gasteiger partial charge in [-0.25, -0.2) is 4.98 Å². The number of thiophene rings is 1. The number of hydrogen-bond acceptors (Lipinski definition) is 4. The van der Waals surface area contributed by atoms with Crippen LogP contribution in [-0.2, 0) is 5.54 Å². The monoisotopic (exact) mass is 280 g/mol. The Hall–Kier alpha value is -0.620. The van der Waals surface area contributed by atoms with E-state index in [0.717, 1.165) is 4.88 Å². The highest BCUT2D eigenvalue weighted by molar-refractivity contribution is 7.13. The number of aromatic amines is 1. The average Bonchev–Trinajstić information content (AvgIpc) is 2.73. The van der Waals surface area contributed by atoms with Gasteiger partial charge in [-0.2, -0.15) is 5.10 Å². The highest BCUT2D eigenvalue weighted by Gasteiger charge is 2.19. The van der Waals surface area contributed by atoms with Gasteiger partial charge in [0.15, 0.2) is 5.82 Å². The van der Waals surface area contributed by atoms with Crippen LogP contribution in [0.2, 0.25) is 0 Å². The van der Waals surface area contributed by atoms with Crippen LogP contribution in [0, 0.1) is 0 Å². The summed E-state index contributed by atoms with van der Waals surface area (Å²) in [6.45, 7) is 3.79. The predicted octanol–water partition coefficient (Wildman–Crippen LogP) is 2.57. The fourth-order valence-electron chi connectivity index (χ4n) is 1.07. The summed E-state index contributed by atoms with van der Waals surface area (Å²) in [7, 11) is 0. The lowest BCUT2D eigenvalue weighted by molar-refractivity contribution is 0.516. The van der Waals surface area contributed by atoms with Crippen LogP contribution in [0.25, 0.3) is 10.7 Å². The van der Waals surface area contributed by atoms with Crippen molar-refractivity contribution in [1.29, 1.82) is 0 Å². The number of nitrogens with two attached hydrogens (primary N) is 1. The van der Waals surface area contributed by atoms with E-state index in [1.54, 1.807) is 11.3 Å². The summed E-state index contributed by atoms with van der Waals surface area (Å²) in [4.78, 5) is 5.40. The van der Waals surface area contributed by atoms with Crippen molar-refractivity contribution >= 4 is 36.2 Å². The molecule has 0 atom stereocenters. The van der Waals surface area contributed by atoms with E-state index in [4.69, 9.17) is 5.73 Å². The van der Waals surface area contributed by atoms with E-state index in [9.17, 15) is 0 Å². The first kappa shape index (κ1) is 15.4. The smallest absolute Gasteiger partial charge is 0.191 e. The molecule has 0 spiro atoms. The molecule has 90 valence electrons. The summed E-state index contributed by atoms with van der Waals surface area (Å²) < 4.78 is 0. The molecule has 0 aromatic carbocycles. The van der Waals surface area contributed by atoms with Gasteiger partial charge in [-0.05, 0) is 25.3 Å². The van der Waals surface area contributed by atoms with Crippen LogP contribution < -0.4 is 5.73 Å². The SMILES string of the molecule is CC(C)(N)c1nc(-c2cccs2)n[nH]1.Cl.Cl. The molecule has 2 heterocycles. The Morgan fingerprint density at radius 1 is 1.38 bits per heavy atom. The number of H-pyrrole nitrogens is 1. The highest BCUT2D eigenvalue weighted by Crippen LogP contribution is 2.22. The molecule has 2 aromatic rings. The zero-order valence-corrected chi connectivity index (χ0v) is 11.4. The van der Waals surface area contributed by atoms with Gasteiger partial charge >= 0.3 is 0 Å². The lowest BCUT2D eigenvalue weighted by Gasteiger charge is -2.13. The second-order valence-corrected chi connectivity index (χ2v) is 4.65. The predicted molar refractivity (Wildman–Crippen MR) is 71.4 cm³/mol. The molecular formula is C9H14Cl2N4S. The minimum Gasteiger partial charge on any atom is -0.319 e. The van der Waals surface area contributed by atoms with Gasteiger partial charge in [0.2, 0.25) is 0 Å². The third-order valence-corrected chi connectivity index (χ3v) is 2.70. The van der Waals surface area contributed by atoms with E-state index in [1.165, 1.54) is 0 Å². The summed E-state index contributed by atoms with van der Waals surface area (Å²) in [5, 5.41) is 8.97. The number of aromatic nitrogens is 3. The Bertz CT molecular complexity index is 419. The molecule has 0 unspecified atom stereocenters. The molecule has 0 aliphatic rings. The lowest BCUT2D eigenvalue weighted by Crippen LogP contribution is -2.30. The van der Waals surface area contributed by atoms with Gasteiger partial charge in [0.1, 0.15) is 5.82 Å². The maximum absolute atomic E-state index is 5.89. The van der Waals surface area contributed by atoms with Gasteiger partial charge in [0.05, 0.1) is 10.4 Å². The summed E-state index contributed by atoms with van der Waals surface area (Å²) in [5.74, 6) is 1.43. The van der Waals surface area contributed by atoms with Crippen LogP contribution in [0.15, 0.2) is 17.5 Å². The Morgan fingerprint density at radius 2 is 2.06 bits per heavy atom. The normalized spacial score (nSPS) is 10.4. The quantitative estimate of drug-likeness (QED) is 0.889. The van der Waals surface area contributed by atoms with Gasteiger partial charge in [-0.15, -0.1) is 36.2 Å². The zero-order valence-electron chi connectivity index (χ0n) is 8.93. The van der Waals surface area contributed by atoms with E-state index in [-0.39, 0.29) is 24.8 Å². The Labute approximate surface area is 110 Å². The van der Waals surface area contributed by atoms with Crippen molar-refractivity contribution in [2.75, 3.05) is 0 Å². The molecule has 0 bridgehead atoms. The van der Waals surface area contributed by atoms with Crippen LogP contribution in [0.5, 0.6) is 0 Å². The Kier molecular flexibility index (Phi) is 5.41. The molecular weight excluding hydrogens is 267 g/mol. The minimum atomic E-state index is -0.470. The fraction of sp³-hybridized carbons (Fsp3) is 0.333. The molecule has 4 nitrogen and oxygen atoms in total. The van der Waals surface area contributed by atoms with E-state index >= 15 is 0 Å². The molecule has 0 aliphatic carbocycles. The van der Waals surface area contributed by atoms with E-state index in [2.05, 4.69) is 15.2 Å². The second kappa shape index (κ2) is 5.63. The molecule has 0 radical (unpaired) electrons. The van der Waals surface area contributed by atoms with Crippen molar-refractivity contribution in [3.8, 4) is 10.7 Å². The van der Waals surface area contributed by atoms with Gasteiger partial charge in [0, 0.05) is 0 Å². The lowest BCUT2D eigenvalue weighted by atomic mass is 10.1. The number of nitrogens with one attached hydrogen (secondary N) is 1. The van der Waals surface area contributed by atoms with Crippen LogP contribution >= 0.6 is 36.2 Å². The topological polar surface area (TPSA) is 67.6 Å². The second-order valence-electron chi connectivity index (χ2n) is 3.71. The molecule has 0 fully saturated rings. The van der Waals surface area contributed by atoms with Crippen molar-refractivity contribution in [3.05, 3.63) is 23.3 Å². The van der Waals surface area contributed by atoms with Crippen molar-refractivity contribution in [2.24, 2.45) is 5.73 Å². The maximum atomic E-state index is 5.89. The molecule has 16 heavy (non-hydrogen) atoms. The Morgan fingerprint density at radius 3 is 2.50 bits per heavy atom. The molecule has 0 saturated heterocycles. The summed E-state index contributed by atoms with van der Waals surface area (Å²) in [5.41, 5.74) is 5.42. The Balaban J connectivity index is 0.00000112. The molecule has 0 saturated carbocycles. The van der Waals surface area contributed by atoms with E-state index in [0.29, 0.717) is 11.6 Å². The van der Waals surface area contributed by atoms with E-state index < -0.39 is 5.54 Å². The van der Waals surface area contributed by atoms with Gasteiger partial charge < -0.3 is 5.73 Å². The number of nitrogens with zero attached hydrogens (tertiary/aromatic N) is 2. The van der Waals surface area contributed by atoms with Crippen LogP contribution in [0.4, 0.5) is 0 Å². The van der Waals surface area contributed by atoms with Crippen LogP contribution in [0.1, 0.15) is 19.7 Å². The third kappa shape index (κ3) is 3.18. The maximum Gasteiger partial charge on any atom is 0.191 e. The first-order valence-electron chi connectivity index (χ1n) is 4.33. The number of rotatable bonds is 2. The largest absolute Gasteiger partial charge is 0.319 e. The van der Waals surface area contributed by atoms with Crippen LogP contribution in [0.3, 0.4) is 0 Å². The molecule has 2 aromatic heterocycles. The minimum absolute atomic E-state index is 0. The average molecular weight is 281 g/mol. The molecule has 7 heteroatoms. The molecule has 0 amide bonds. The third-order valence-electron chi connectivity index (χ3n) is 1.84. The van der Waals surface area contributed by atoms with Crippen molar-refractivity contribution in [1.82, 2.24) is 15.2 Å². The van der Waals surface area contributed by atoms with Crippen molar-refractivity contribution < 1.29 is 0 Å². The molecule has 2 rings (SSSR count). The van der Waals surface area contributed by atoms with Crippen molar-refractivity contribution in [3.63, 3.8) is 0 Å². The zero-order chi connectivity index (χ0) is 10.2. The van der Waals surface area contributed by atoms with Gasteiger partial charge in [-0.3, -0.25) is 5.10 Å². The standard InChI is InChI=1S/C9H12N4S.2ClH/c1-9(2,10)8-11-7(12-13-8)6-4-3-5-14-6;;/h3-5H,10H2,1-2H3,(H,11,12,13);2*1H. The van der Waals surface area contributed by atoms with Crippen LogP contribution in [-0.4, -0.2) is 15.2 Å². The first-order chi connectivity index (χ1) is 6.57. The summed E-state index contributed by atoms with van der Waals surface area (Å²) >= 11 is 1.61. The summed E-state index contributed by atoms with van der Waals surface area (Å²) in [6.07, 6.45) is 0. The first-order valence-corrected chi connectivity index (χ1v) is 5.21. The number of halogens is 2. The fourth-order valence-corrected chi connectivity index (χ4v) is 1.72. The summed E-state index contributed by atoms with van der Waals surface area (Å²) in [6, 6.07) is 3.96. The number of hydrogen-bond donors (Lipinski definition) is 2. The molecule has 3 N–H and O–H groups in total. The van der Waals surface area contributed by atoms with E-state index in [1.807, 2.05) is 31.4 Å². The van der Waals surface area contributed by atoms with Gasteiger partial charge in [0.25, 0.3) is 0 Å². The van der Waals surface area contributed by atoms with Gasteiger partial charge in [-0.1, -0.05) is 6.07 Å². The highest BCUT2D eigenvalue weighted by atomic mass is 35.5. The van der Waals surface area contributed by atoms with Crippen molar-refractivity contribution in [2.45, 2.75) is 19.4 Å².